The second-order valence-corrected chi connectivity index (χ2v) is 6.19. The summed E-state index contributed by atoms with van der Waals surface area (Å²) in [7, 11) is -3.29. The number of benzene rings is 1. The van der Waals surface area contributed by atoms with Gasteiger partial charge in [0.05, 0.1) is 17.0 Å². The van der Waals surface area contributed by atoms with E-state index in [0.29, 0.717) is 0 Å². The van der Waals surface area contributed by atoms with Gasteiger partial charge in [-0.15, -0.1) is 0 Å². The molecule has 0 saturated carbocycles. The molecule has 1 rings (SSSR count). The number of aromatic carboxylic acids is 1. The Labute approximate surface area is 109 Å². The highest BCUT2D eigenvalue weighted by Crippen LogP contribution is 2.16. The molecule has 0 aliphatic rings. The lowest BCUT2D eigenvalue weighted by Crippen LogP contribution is -2.17. The molecule has 0 bridgehead atoms. The van der Waals surface area contributed by atoms with E-state index in [1.807, 2.05) is 0 Å². The smallest absolute Gasteiger partial charge is 0.335 e. The number of carboxylic acid groups (broad SMARTS) is 1. The number of sulfone groups is 1. The number of rotatable bonds is 5. The summed E-state index contributed by atoms with van der Waals surface area (Å²) in [5.74, 6) is -3.12. The molecule has 0 heterocycles. The van der Waals surface area contributed by atoms with E-state index in [4.69, 9.17) is 5.11 Å². The fourth-order valence-electron chi connectivity index (χ4n) is 1.24. The summed E-state index contributed by atoms with van der Waals surface area (Å²) in [6.07, 6.45) is 0.654. The van der Waals surface area contributed by atoms with Crippen molar-refractivity contribution in [3.63, 3.8) is 0 Å². The van der Waals surface area contributed by atoms with Gasteiger partial charge in [-0.1, -0.05) is 0 Å². The molecule has 0 radical (unpaired) electrons. The minimum atomic E-state index is -3.29. The zero-order chi connectivity index (χ0) is 14.6. The number of carboxylic acids is 1. The molecule has 0 spiro atoms. The van der Waals surface area contributed by atoms with Gasteiger partial charge < -0.3 is 10.4 Å². The van der Waals surface area contributed by atoms with Crippen molar-refractivity contribution in [3.8, 4) is 0 Å². The van der Waals surface area contributed by atoms with E-state index < -0.39 is 27.5 Å². The second-order valence-electron chi connectivity index (χ2n) is 3.93. The Morgan fingerprint density at radius 2 is 2.00 bits per heavy atom. The van der Waals surface area contributed by atoms with E-state index in [1.165, 1.54) is 0 Å². The van der Waals surface area contributed by atoms with Crippen LogP contribution in [0.3, 0.4) is 0 Å². The van der Waals surface area contributed by atoms with Crippen LogP contribution in [0.2, 0.25) is 0 Å². The van der Waals surface area contributed by atoms with Gasteiger partial charge in [-0.2, -0.15) is 0 Å². The van der Waals surface area contributed by atoms with E-state index in [1.54, 1.807) is 0 Å². The molecule has 1 aromatic carbocycles. The van der Waals surface area contributed by atoms with E-state index in [0.717, 1.165) is 24.5 Å². The standard InChI is InChI=1S/C11H12FNO5S/c1-19(17,18)5-4-10(14)13-9-6-7(11(15)16)2-3-8(9)12/h2-3,6H,4-5H2,1H3,(H,13,14)(H,15,16). The predicted octanol–water partition coefficient (Wildman–Crippen LogP) is 0.897. The largest absolute Gasteiger partial charge is 0.478 e. The number of anilines is 1. The number of carbonyl (C=O) groups excluding carboxylic acids is 1. The Morgan fingerprint density at radius 1 is 1.37 bits per heavy atom. The van der Waals surface area contributed by atoms with Gasteiger partial charge >= 0.3 is 5.97 Å². The molecule has 0 saturated heterocycles. The molecular weight excluding hydrogens is 277 g/mol. The minimum Gasteiger partial charge on any atom is -0.478 e. The molecule has 19 heavy (non-hydrogen) atoms. The normalized spacial score (nSPS) is 11.1. The molecule has 1 aromatic rings. The van der Waals surface area contributed by atoms with Crippen LogP contribution < -0.4 is 5.32 Å². The van der Waals surface area contributed by atoms with Crippen molar-refractivity contribution in [1.82, 2.24) is 0 Å². The zero-order valence-electron chi connectivity index (χ0n) is 10.0. The van der Waals surface area contributed by atoms with Crippen molar-refractivity contribution in [2.75, 3.05) is 17.3 Å². The molecule has 2 N–H and O–H groups in total. The fourth-order valence-corrected chi connectivity index (χ4v) is 1.80. The summed E-state index contributed by atoms with van der Waals surface area (Å²) in [4.78, 5) is 22.1. The quantitative estimate of drug-likeness (QED) is 0.838. The number of hydrogen-bond acceptors (Lipinski definition) is 4. The lowest BCUT2D eigenvalue weighted by Gasteiger charge is -2.07. The van der Waals surface area contributed by atoms with E-state index >= 15 is 0 Å². The summed E-state index contributed by atoms with van der Waals surface area (Å²) < 4.78 is 35.1. The van der Waals surface area contributed by atoms with Crippen molar-refractivity contribution < 1.29 is 27.5 Å². The number of halogens is 1. The van der Waals surface area contributed by atoms with Crippen molar-refractivity contribution in [3.05, 3.63) is 29.6 Å². The third kappa shape index (κ3) is 5.04. The maximum absolute atomic E-state index is 13.3. The third-order valence-corrected chi connectivity index (χ3v) is 3.13. The van der Waals surface area contributed by atoms with Crippen LogP contribution >= 0.6 is 0 Å². The molecule has 0 aromatic heterocycles. The van der Waals surface area contributed by atoms with Gasteiger partial charge in [0.25, 0.3) is 0 Å². The maximum Gasteiger partial charge on any atom is 0.335 e. The molecule has 104 valence electrons. The van der Waals surface area contributed by atoms with Crippen molar-refractivity contribution >= 4 is 27.4 Å². The summed E-state index contributed by atoms with van der Waals surface area (Å²) in [5.41, 5.74) is -0.474. The van der Waals surface area contributed by atoms with E-state index in [2.05, 4.69) is 5.32 Å². The Morgan fingerprint density at radius 3 is 2.53 bits per heavy atom. The molecule has 0 aliphatic heterocycles. The van der Waals surface area contributed by atoms with Gasteiger partial charge in [0, 0.05) is 12.7 Å². The lowest BCUT2D eigenvalue weighted by molar-refractivity contribution is -0.115. The maximum atomic E-state index is 13.3. The first-order chi connectivity index (χ1) is 8.69. The highest BCUT2D eigenvalue weighted by atomic mass is 32.2. The summed E-state index contributed by atoms with van der Waals surface area (Å²) in [6.45, 7) is 0. The van der Waals surface area contributed by atoms with Crippen LogP contribution in [0, 0.1) is 5.82 Å². The summed E-state index contributed by atoms with van der Waals surface area (Å²) in [6, 6.07) is 2.94. The van der Waals surface area contributed by atoms with E-state index in [9.17, 15) is 22.4 Å². The first kappa shape index (κ1) is 15.1. The van der Waals surface area contributed by atoms with Crippen molar-refractivity contribution in [1.29, 1.82) is 0 Å². The SMILES string of the molecule is CS(=O)(=O)CCC(=O)Nc1cc(C(=O)O)ccc1F. The minimum absolute atomic E-state index is 0.181. The molecule has 0 atom stereocenters. The number of hydrogen-bond donors (Lipinski definition) is 2. The van der Waals surface area contributed by atoms with Gasteiger partial charge in [-0.05, 0) is 18.2 Å². The fraction of sp³-hybridized carbons (Fsp3) is 0.273. The van der Waals surface area contributed by atoms with Crippen LogP contribution in [0.25, 0.3) is 0 Å². The number of amides is 1. The van der Waals surface area contributed by atoms with Gasteiger partial charge in [0.1, 0.15) is 15.7 Å². The van der Waals surface area contributed by atoms with Crippen LogP contribution in [0.15, 0.2) is 18.2 Å². The van der Waals surface area contributed by atoms with Gasteiger partial charge in [-0.25, -0.2) is 17.6 Å². The molecule has 0 fully saturated rings. The molecule has 1 amide bonds. The first-order valence-corrected chi connectivity index (χ1v) is 7.25. The zero-order valence-corrected chi connectivity index (χ0v) is 10.8. The molecule has 0 unspecified atom stereocenters. The molecular formula is C11H12FNO5S. The Bertz CT molecular complexity index is 612. The number of carbonyl (C=O) groups is 2. The lowest BCUT2D eigenvalue weighted by atomic mass is 10.2. The van der Waals surface area contributed by atoms with Gasteiger partial charge in [-0.3, -0.25) is 4.79 Å². The van der Waals surface area contributed by atoms with Crippen LogP contribution in [0.4, 0.5) is 10.1 Å². The van der Waals surface area contributed by atoms with Crippen LogP contribution in [0.5, 0.6) is 0 Å². The second kappa shape index (κ2) is 5.79. The van der Waals surface area contributed by atoms with Crippen LogP contribution in [-0.4, -0.2) is 37.4 Å². The average molecular weight is 289 g/mol. The van der Waals surface area contributed by atoms with E-state index in [-0.39, 0.29) is 23.4 Å². The Kier molecular flexibility index (Phi) is 4.60. The van der Waals surface area contributed by atoms with Gasteiger partial charge in [0.15, 0.2) is 0 Å². The van der Waals surface area contributed by atoms with Crippen LogP contribution in [0.1, 0.15) is 16.8 Å². The predicted molar refractivity (Wildman–Crippen MR) is 66.3 cm³/mol. The van der Waals surface area contributed by atoms with Crippen LogP contribution in [-0.2, 0) is 14.6 Å². The Balaban J connectivity index is 2.79. The monoisotopic (exact) mass is 289 g/mol. The number of nitrogens with one attached hydrogen (secondary N) is 1. The molecule has 8 heteroatoms. The van der Waals surface area contributed by atoms with Gasteiger partial charge in [0.2, 0.25) is 5.91 Å². The molecule has 6 nitrogen and oxygen atoms in total. The Hall–Kier alpha value is -1.96. The van der Waals surface area contributed by atoms with Crippen molar-refractivity contribution in [2.45, 2.75) is 6.42 Å². The third-order valence-electron chi connectivity index (χ3n) is 2.19. The summed E-state index contributed by atoms with van der Waals surface area (Å²) in [5, 5.41) is 10.9. The molecule has 0 aliphatic carbocycles. The topological polar surface area (TPSA) is 101 Å². The first-order valence-electron chi connectivity index (χ1n) is 5.19. The van der Waals surface area contributed by atoms with Crippen molar-refractivity contribution in [2.24, 2.45) is 0 Å². The highest BCUT2D eigenvalue weighted by molar-refractivity contribution is 7.90. The summed E-state index contributed by atoms with van der Waals surface area (Å²) >= 11 is 0. The average Bonchev–Trinajstić information content (AvgIpc) is 2.28. The highest BCUT2D eigenvalue weighted by Gasteiger charge is 2.12.